The van der Waals surface area contributed by atoms with E-state index < -0.39 is 6.10 Å². The molecule has 1 atom stereocenters. The maximum absolute atomic E-state index is 12.3. The molecule has 1 unspecified atom stereocenters. The third-order valence-corrected chi connectivity index (χ3v) is 3.48. The summed E-state index contributed by atoms with van der Waals surface area (Å²) in [5.74, 6) is 1.26. The molecular formula is C17H17NO4. The molecule has 0 aliphatic carbocycles. The van der Waals surface area contributed by atoms with E-state index in [2.05, 4.69) is 5.32 Å². The summed E-state index contributed by atoms with van der Waals surface area (Å²) < 4.78 is 15.9. The Kier molecular flexibility index (Phi) is 4.25. The number of benzene rings is 2. The van der Waals surface area contributed by atoms with E-state index in [9.17, 15) is 4.79 Å². The normalized spacial score (nSPS) is 13.7. The van der Waals surface area contributed by atoms with E-state index in [0.717, 1.165) is 16.9 Å². The lowest BCUT2D eigenvalue weighted by Gasteiger charge is -2.15. The highest BCUT2D eigenvalue weighted by Gasteiger charge is 2.20. The number of rotatable bonds is 5. The van der Waals surface area contributed by atoms with Crippen LogP contribution in [0.15, 0.2) is 48.5 Å². The minimum atomic E-state index is -0.616. The minimum absolute atomic E-state index is 0.175. The molecule has 0 bridgehead atoms. The van der Waals surface area contributed by atoms with Crippen LogP contribution >= 0.6 is 0 Å². The van der Waals surface area contributed by atoms with Gasteiger partial charge in [-0.05, 0) is 23.3 Å². The maximum Gasteiger partial charge on any atom is 0.254 e. The number of fused-ring (bicyclic) bond motifs is 1. The summed E-state index contributed by atoms with van der Waals surface area (Å²) in [6.45, 7) is 0.646. The van der Waals surface area contributed by atoms with E-state index in [1.807, 2.05) is 48.5 Å². The molecule has 0 spiro atoms. The highest BCUT2D eigenvalue weighted by molar-refractivity contribution is 5.82. The Labute approximate surface area is 128 Å². The van der Waals surface area contributed by atoms with Crippen molar-refractivity contribution in [3.8, 4) is 11.5 Å². The first-order valence-electron chi connectivity index (χ1n) is 7.02. The van der Waals surface area contributed by atoms with Crippen LogP contribution < -0.4 is 14.8 Å². The van der Waals surface area contributed by atoms with Gasteiger partial charge in [-0.2, -0.15) is 0 Å². The molecule has 1 N–H and O–H groups in total. The van der Waals surface area contributed by atoms with Crippen molar-refractivity contribution in [1.82, 2.24) is 5.32 Å². The van der Waals surface area contributed by atoms with Gasteiger partial charge in [-0.3, -0.25) is 4.79 Å². The predicted molar refractivity (Wildman–Crippen MR) is 80.6 cm³/mol. The highest BCUT2D eigenvalue weighted by Crippen LogP contribution is 2.32. The molecule has 5 heteroatoms. The highest BCUT2D eigenvalue weighted by atomic mass is 16.7. The van der Waals surface area contributed by atoms with Crippen LogP contribution in [-0.2, 0) is 16.1 Å². The summed E-state index contributed by atoms with van der Waals surface area (Å²) in [6, 6.07) is 15.0. The fraction of sp³-hybridized carbons (Fsp3) is 0.235. The monoisotopic (exact) mass is 299 g/mol. The summed E-state index contributed by atoms with van der Waals surface area (Å²) in [7, 11) is 1.53. The van der Waals surface area contributed by atoms with Crippen molar-refractivity contribution in [1.29, 1.82) is 0 Å². The Morgan fingerprint density at radius 2 is 1.95 bits per heavy atom. The van der Waals surface area contributed by atoms with Gasteiger partial charge in [0.25, 0.3) is 5.91 Å². The first-order valence-corrected chi connectivity index (χ1v) is 7.02. The molecule has 22 heavy (non-hydrogen) atoms. The van der Waals surface area contributed by atoms with E-state index in [1.165, 1.54) is 7.11 Å². The van der Waals surface area contributed by atoms with E-state index >= 15 is 0 Å². The second-order valence-electron chi connectivity index (χ2n) is 4.93. The summed E-state index contributed by atoms with van der Waals surface area (Å²) in [6.07, 6.45) is -0.616. The summed E-state index contributed by atoms with van der Waals surface area (Å²) in [4.78, 5) is 12.3. The van der Waals surface area contributed by atoms with Gasteiger partial charge in [-0.1, -0.05) is 36.4 Å². The van der Waals surface area contributed by atoms with Crippen molar-refractivity contribution in [3.63, 3.8) is 0 Å². The lowest BCUT2D eigenvalue weighted by molar-refractivity contribution is -0.131. The van der Waals surface area contributed by atoms with E-state index in [0.29, 0.717) is 12.3 Å². The first-order chi connectivity index (χ1) is 10.8. The number of methoxy groups -OCH3 is 1. The van der Waals surface area contributed by atoms with Crippen LogP contribution in [0, 0.1) is 0 Å². The van der Waals surface area contributed by atoms with Crippen molar-refractivity contribution in [2.45, 2.75) is 12.6 Å². The molecule has 1 aliphatic rings. The molecule has 1 aliphatic heterocycles. The molecule has 2 aromatic rings. The average molecular weight is 299 g/mol. The van der Waals surface area contributed by atoms with Crippen molar-refractivity contribution in [2.75, 3.05) is 13.9 Å². The van der Waals surface area contributed by atoms with Gasteiger partial charge >= 0.3 is 0 Å². The van der Waals surface area contributed by atoms with Crippen molar-refractivity contribution in [2.24, 2.45) is 0 Å². The fourth-order valence-corrected chi connectivity index (χ4v) is 2.36. The van der Waals surface area contributed by atoms with Gasteiger partial charge in [0.1, 0.15) is 0 Å². The van der Waals surface area contributed by atoms with Gasteiger partial charge in [-0.15, -0.1) is 0 Å². The lowest BCUT2D eigenvalue weighted by Crippen LogP contribution is -2.29. The van der Waals surface area contributed by atoms with Crippen molar-refractivity contribution < 1.29 is 19.0 Å². The number of nitrogens with one attached hydrogen (secondary N) is 1. The van der Waals surface area contributed by atoms with Gasteiger partial charge in [0, 0.05) is 13.7 Å². The third-order valence-electron chi connectivity index (χ3n) is 3.48. The second kappa shape index (κ2) is 6.49. The number of hydrogen-bond acceptors (Lipinski definition) is 4. The Bertz CT molecular complexity index is 657. The zero-order valence-corrected chi connectivity index (χ0v) is 12.2. The molecule has 3 rings (SSSR count). The molecule has 114 valence electrons. The molecular weight excluding hydrogens is 282 g/mol. The minimum Gasteiger partial charge on any atom is -0.454 e. The molecule has 0 aromatic heterocycles. The Hall–Kier alpha value is -2.53. The number of carbonyl (C=O) groups excluding carboxylic acids is 1. The fourth-order valence-electron chi connectivity index (χ4n) is 2.36. The van der Waals surface area contributed by atoms with Gasteiger partial charge in [0.05, 0.1) is 0 Å². The Balaban J connectivity index is 1.64. The largest absolute Gasteiger partial charge is 0.454 e. The summed E-state index contributed by atoms with van der Waals surface area (Å²) >= 11 is 0. The molecule has 0 saturated carbocycles. The van der Waals surface area contributed by atoms with Crippen molar-refractivity contribution >= 4 is 5.91 Å². The molecule has 1 amide bonds. The van der Waals surface area contributed by atoms with E-state index in [4.69, 9.17) is 14.2 Å². The number of ether oxygens (including phenoxy) is 3. The summed E-state index contributed by atoms with van der Waals surface area (Å²) in [5.41, 5.74) is 1.77. The smallest absolute Gasteiger partial charge is 0.254 e. The van der Waals surface area contributed by atoms with Crippen LogP contribution in [0.4, 0.5) is 0 Å². The van der Waals surface area contributed by atoms with Crippen LogP contribution in [0.25, 0.3) is 0 Å². The number of hydrogen-bond donors (Lipinski definition) is 1. The van der Waals surface area contributed by atoms with Crippen LogP contribution in [-0.4, -0.2) is 19.8 Å². The lowest BCUT2D eigenvalue weighted by atomic mass is 10.1. The first kappa shape index (κ1) is 14.4. The molecule has 0 radical (unpaired) electrons. The van der Waals surface area contributed by atoms with Crippen LogP contribution in [0.2, 0.25) is 0 Å². The maximum atomic E-state index is 12.3. The molecule has 0 saturated heterocycles. The topological polar surface area (TPSA) is 56.8 Å². The molecule has 1 heterocycles. The van der Waals surface area contributed by atoms with Gasteiger partial charge in [0.2, 0.25) is 6.79 Å². The number of amides is 1. The van der Waals surface area contributed by atoms with Gasteiger partial charge in [0.15, 0.2) is 17.6 Å². The quantitative estimate of drug-likeness (QED) is 0.921. The average Bonchev–Trinajstić information content (AvgIpc) is 3.02. The standard InChI is InChI=1S/C17H17NO4/c1-20-16(13-5-3-2-4-6-13)17(19)18-10-12-7-8-14-15(9-12)22-11-21-14/h2-9,16H,10-11H2,1H3,(H,18,19). The van der Waals surface area contributed by atoms with Gasteiger partial charge < -0.3 is 19.5 Å². The third kappa shape index (κ3) is 3.04. The second-order valence-corrected chi connectivity index (χ2v) is 4.93. The Morgan fingerprint density at radius 3 is 2.73 bits per heavy atom. The SMILES string of the molecule is COC(C(=O)NCc1ccc2c(c1)OCO2)c1ccccc1. The molecule has 5 nitrogen and oxygen atoms in total. The van der Waals surface area contributed by atoms with Crippen LogP contribution in [0.3, 0.4) is 0 Å². The van der Waals surface area contributed by atoms with Crippen molar-refractivity contribution in [3.05, 3.63) is 59.7 Å². The molecule has 0 fully saturated rings. The van der Waals surface area contributed by atoms with Crippen LogP contribution in [0.5, 0.6) is 11.5 Å². The molecule has 2 aromatic carbocycles. The van der Waals surface area contributed by atoms with E-state index in [1.54, 1.807) is 0 Å². The zero-order valence-electron chi connectivity index (χ0n) is 12.2. The predicted octanol–water partition coefficient (Wildman–Crippen LogP) is 2.42. The van der Waals surface area contributed by atoms with Crippen LogP contribution in [0.1, 0.15) is 17.2 Å². The Morgan fingerprint density at radius 1 is 1.18 bits per heavy atom. The van der Waals surface area contributed by atoms with E-state index in [-0.39, 0.29) is 12.7 Å². The van der Waals surface area contributed by atoms with Gasteiger partial charge in [-0.25, -0.2) is 0 Å². The summed E-state index contributed by atoms with van der Waals surface area (Å²) in [5, 5.41) is 2.88. The number of carbonyl (C=O) groups is 1. The zero-order chi connectivity index (χ0) is 15.4.